The first kappa shape index (κ1) is 20.4. The van der Waals surface area contributed by atoms with Crippen molar-refractivity contribution in [3.05, 3.63) is 53.3 Å². The van der Waals surface area contributed by atoms with Crippen LogP contribution in [-0.4, -0.2) is 37.5 Å². The largest absolute Gasteiger partial charge is 0.481 e. The van der Waals surface area contributed by atoms with Crippen molar-refractivity contribution in [2.45, 2.75) is 32.7 Å². The summed E-state index contributed by atoms with van der Waals surface area (Å²) in [6, 6.07) is 9.35. The molecule has 0 unspecified atom stereocenters. The summed E-state index contributed by atoms with van der Waals surface area (Å²) in [5.74, 6) is -0.0697. The van der Waals surface area contributed by atoms with Crippen molar-refractivity contribution in [3.63, 3.8) is 0 Å². The van der Waals surface area contributed by atoms with Crippen LogP contribution in [0.4, 0.5) is 11.6 Å². The van der Waals surface area contributed by atoms with E-state index in [0.717, 1.165) is 10.4 Å². The van der Waals surface area contributed by atoms with Crippen LogP contribution in [0.25, 0.3) is 10.6 Å². The fourth-order valence-electron chi connectivity index (χ4n) is 2.66. The Morgan fingerprint density at radius 2 is 1.97 bits per heavy atom. The van der Waals surface area contributed by atoms with Crippen LogP contribution in [0, 0.1) is 6.92 Å². The highest BCUT2D eigenvalue weighted by Gasteiger charge is 2.25. The second-order valence-electron chi connectivity index (χ2n) is 7.19. The molecule has 3 heterocycles. The van der Waals surface area contributed by atoms with Gasteiger partial charge in [0.05, 0.1) is 17.0 Å². The summed E-state index contributed by atoms with van der Waals surface area (Å²) in [4.78, 5) is 37.1. The Morgan fingerprint density at radius 1 is 1.17 bits per heavy atom. The summed E-state index contributed by atoms with van der Waals surface area (Å²) in [5, 5.41) is 15.1. The van der Waals surface area contributed by atoms with Crippen LogP contribution < -0.4 is 10.6 Å². The number of nitrogens with zero attached hydrogens (tertiary/aromatic N) is 3. The van der Waals surface area contributed by atoms with Crippen LogP contribution >= 0.6 is 11.3 Å². The molecule has 3 N–H and O–H groups in total. The van der Waals surface area contributed by atoms with E-state index in [1.807, 2.05) is 37.3 Å². The minimum atomic E-state index is -0.980. The van der Waals surface area contributed by atoms with Crippen molar-refractivity contribution in [1.82, 2.24) is 20.3 Å². The molecule has 8 nitrogen and oxygen atoms in total. The molecule has 0 radical (unpaired) electrons. The maximum absolute atomic E-state index is 12.4. The topological polar surface area (TPSA) is 117 Å². The van der Waals surface area contributed by atoms with Crippen molar-refractivity contribution in [2.75, 3.05) is 5.32 Å². The Bertz CT molecular complexity index is 1050. The summed E-state index contributed by atoms with van der Waals surface area (Å²) in [6.45, 7) is 5.30. The van der Waals surface area contributed by atoms with E-state index in [9.17, 15) is 9.59 Å². The third-order valence-corrected chi connectivity index (χ3v) is 4.94. The number of carbonyl (C=O) groups is 2. The number of nitrogens with one attached hydrogen (secondary N) is 2. The normalized spacial score (nSPS) is 11.1. The zero-order chi connectivity index (χ0) is 21.0. The van der Waals surface area contributed by atoms with Gasteiger partial charge < -0.3 is 15.7 Å². The molecule has 0 saturated carbocycles. The first-order valence-electron chi connectivity index (χ1n) is 8.89. The lowest BCUT2D eigenvalue weighted by molar-refractivity contribution is -0.138. The molecule has 0 aliphatic heterocycles. The summed E-state index contributed by atoms with van der Waals surface area (Å²) < 4.78 is 0. The van der Waals surface area contributed by atoms with Gasteiger partial charge in [0.25, 0.3) is 5.91 Å². The lowest BCUT2D eigenvalue weighted by Crippen LogP contribution is -2.44. The van der Waals surface area contributed by atoms with Crippen LogP contribution in [-0.2, 0) is 4.79 Å². The maximum atomic E-state index is 12.4. The van der Waals surface area contributed by atoms with Gasteiger partial charge in [-0.3, -0.25) is 9.59 Å². The molecule has 0 aromatic carbocycles. The number of anilines is 2. The molecule has 3 aromatic rings. The number of hydrogen-bond donors (Lipinski definition) is 3. The number of aryl methyl sites for hydroxylation is 1. The van der Waals surface area contributed by atoms with Crippen LogP contribution in [0.3, 0.4) is 0 Å². The number of aliphatic carboxylic acids is 1. The quantitative estimate of drug-likeness (QED) is 0.543. The molecule has 3 aromatic heterocycles. The predicted molar refractivity (Wildman–Crippen MR) is 111 cm³/mol. The van der Waals surface area contributed by atoms with Gasteiger partial charge in [0, 0.05) is 17.9 Å². The molecule has 29 heavy (non-hydrogen) atoms. The molecule has 9 heteroatoms. The third kappa shape index (κ3) is 5.58. The Labute approximate surface area is 172 Å². The standard InChI is InChI=1S/C20H21N5O3S/c1-12-7-8-21-16(9-12)24-15-6-4-5-13(23-15)14-11-22-19(29-14)18(28)25-20(2,3)10-17(26)27/h4-9,11H,10H2,1-3H3,(H,25,28)(H,26,27)(H,21,23,24). The van der Waals surface area contributed by atoms with E-state index in [-0.39, 0.29) is 11.4 Å². The van der Waals surface area contributed by atoms with E-state index < -0.39 is 17.4 Å². The molecule has 3 rings (SSSR count). The average molecular weight is 411 g/mol. The van der Waals surface area contributed by atoms with Crippen LogP contribution in [0.15, 0.2) is 42.7 Å². The van der Waals surface area contributed by atoms with E-state index in [2.05, 4.69) is 25.6 Å². The summed E-state index contributed by atoms with van der Waals surface area (Å²) >= 11 is 1.19. The van der Waals surface area contributed by atoms with Gasteiger partial charge in [-0.05, 0) is 50.6 Å². The molecule has 0 fully saturated rings. The van der Waals surface area contributed by atoms with Crippen molar-refractivity contribution in [1.29, 1.82) is 0 Å². The monoisotopic (exact) mass is 411 g/mol. The summed E-state index contributed by atoms with van der Waals surface area (Å²) in [6.07, 6.45) is 3.13. The Morgan fingerprint density at radius 3 is 2.69 bits per heavy atom. The molecule has 150 valence electrons. The summed E-state index contributed by atoms with van der Waals surface area (Å²) in [5.41, 5.74) is 0.879. The molecule has 0 saturated heterocycles. The number of aromatic nitrogens is 3. The number of hydrogen-bond acceptors (Lipinski definition) is 7. The van der Waals surface area contributed by atoms with Crippen molar-refractivity contribution < 1.29 is 14.7 Å². The fourth-order valence-corrected chi connectivity index (χ4v) is 3.44. The number of carboxylic acid groups (broad SMARTS) is 1. The molecular formula is C20H21N5O3S. The number of amides is 1. The molecule has 0 spiro atoms. The Balaban J connectivity index is 1.75. The lowest BCUT2D eigenvalue weighted by Gasteiger charge is -2.23. The van der Waals surface area contributed by atoms with Gasteiger partial charge >= 0.3 is 5.97 Å². The average Bonchev–Trinajstić information content (AvgIpc) is 3.11. The highest BCUT2D eigenvalue weighted by Crippen LogP contribution is 2.26. The minimum Gasteiger partial charge on any atom is -0.481 e. The van der Waals surface area contributed by atoms with Gasteiger partial charge in [0.15, 0.2) is 5.01 Å². The van der Waals surface area contributed by atoms with E-state index >= 15 is 0 Å². The van der Waals surface area contributed by atoms with Gasteiger partial charge in [0.1, 0.15) is 11.6 Å². The van der Waals surface area contributed by atoms with E-state index in [0.29, 0.717) is 17.3 Å². The second-order valence-corrected chi connectivity index (χ2v) is 8.22. The number of thiazole rings is 1. The molecular weight excluding hydrogens is 390 g/mol. The number of carboxylic acids is 1. The van der Waals surface area contributed by atoms with Crippen LogP contribution in [0.5, 0.6) is 0 Å². The predicted octanol–water partition coefficient (Wildman–Crippen LogP) is 3.64. The number of pyridine rings is 2. The maximum Gasteiger partial charge on any atom is 0.305 e. The van der Waals surface area contributed by atoms with Crippen molar-refractivity contribution >= 4 is 34.8 Å². The van der Waals surface area contributed by atoms with Crippen molar-refractivity contribution in [2.24, 2.45) is 0 Å². The van der Waals surface area contributed by atoms with Crippen molar-refractivity contribution in [3.8, 4) is 10.6 Å². The van der Waals surface area contributed by atoms with Gasteiger partial charge in [-0.2, -0.15) is 0 Å². The smallest absolute Gasteiger partial charge is 0.305 e. The first-order valence-corrected chi connectivity index (χ1v) is 9.71. The van der Waals surface area contributed by atoms with Gasteiger partial charge in [-0.1, -0.05) is 6.07 Å². The summed E-state index contributed by atoms with van der Waals surface area (Å²) in [7, 11) is 0. The molecule has 1 amide bonds. The number of rotatable bonds is 7. The molecule has 0 atom stereocenters. The highest BCUT2D eigenvalue weighted by atomic mass is 32.1. The fraction of sp³-hybridized carbons (Fsp3) is 0.250. The lowest BCUT2D eigenvalue weighted by atomic mass is 10.0. The van der Waals surface area contributed by atoms with Gasteiger partial charge in [-0.25, -0.2) is 15.0 Å². The Kier molecular flexibility index (Phi) is 5.88. The molecule has 0 aliphatic carbocycles. The van der Waals surface area contributed by atoms with Gasteiger partial charge in [0.2, 0.25) is 0 Å². The van der Waals surface area contributed by atoms with E-state index in [4.69, 9.17) is 5.11 Å². The first-order chi connectivity index (χ1) is 13.7. The molecule has 0 bridgehead atoms. The SMILES string of the molecule is Cc1ccnc(Nc2cccc(-c3cnc(C(=O)NC(C)(C)CC(=O)O)s3)n2)c1. The Hall–Kier alpha value is -3.33. The highest BCUT2D eigenvalue weighted by molar-refractivity contribution is 7.16. The van der Waals surface area contributed by atoms with E-state index in [1.165, 1.54) is 11.3 Å². The minimum absolute atomic E-state index is 0.181. The van der Waals surface area contributed by atoms with Gasteiger partial charge in [-0.15, -0.1) is 11.3 Å². The van der Waals surface area contributed by atoms with Crippen LogP contribution in [0.2, 0.25) is 0 Å². The number of carbonyl (C=O) groups excluding carboxylic acids is 1. The second kappa shape index (κ2) is 8.36. The molecule has 0 aliphatic rings. The van der Waals surface area contributed by atoms with E-state index in [1.54, 1.807) is 26.2 Å². The zero-order valence-electron chi connectivity index (χ0n) is 16.3. The zero-order valence-corrected chi connectivity index (χ0v) is 17.1. The third-order valence-electron chi connectivity index (χ3n) is 3.92. The van der Waals surface area contributed by atoms with Crippen LogP contribution in [0.1, 0.15) is 35.6 Å².